The zero-order valence-corrected chi connectivity index (χ0v) is 7.74. The average Bonchev–Trinajstić information content (AvgIpc) is 1.82. The molecule has 70 valence electrons. The monoisotopic (exact) mass is 174 g/mol. The highest BCUT2D eigenvalue weighted by atomic mass is 19.3. The molecule has 0 spiro atoms. The van der Waals surface area contributed by atoms with Gasteiger partial charge in [-0.2, -0.15) is 0 Å². The number of alkyl halides is 2. The van der Waals surface area contributed by atoms with E-state index < -0.39 is 5.92 Å². The largest absolute Gasteiger partial charge is 0.249 e. The molecule has 0 aromatic carbocycles. The lowest BCUT2D eigenvalue weighted by molar-refractivity contribution is 0.0213. The lowest BCUT2D eigenvalue weighted by Gasteiger charge is -2.20. The molecule has 0 aromatic rings. The van der Waals surface area contributed by atoms with Crippen molar-refractivity contribution in [2.24, 2.45) is 5.92 Å². The summed E-state index contributed by atoms with van der Waals surface area (Å²) >= 11 is 0. The number of halogens is 2. The second-order valence-corrected chi connectivity index (χ2v) is 3.94. The zero-order valence-electron chi connectivity index (χ0n) is 7.74. The van der Waals surface area contributed by atoms with Crippen molar-refractivity contribution in [3.8, 4) is 0 Å². The van der Waals surface area contributed by atoms with Crippen LogP contribution in [0.4, 0.5) is 8.78 Å². The molecule has 0 unspecified atom stereocenters. The predicted octanol–water partition coefficient (Wildman–Crippen LogP) is 3.78. The van der Waals surface area contributed by atoms with Crippen LogP contribution in [0.1, 0.15) is 39.5 Å². The van der Waals surface area contributed by atoms with Crippen LogP contribution in [0.25, 0.3) is 0 Å². The van der Waals surface area contributed by atoms with Gasteiger partial charge in [0.05, 0.1) is 0 Å². The highest BCUT2D eigenvalue weighted by molar-refractivity contribution is 5.09. The summed E-state index contributed by atoms with van der Waals surface area (Å²) in [5.74, 6) is -2.03. The molecule has 1 rings (SSSR count). The van der Waals surface area contributed by atoms with Crippen LogP contribution in [0.5, 0.6) is 0 Å². The van der Waals surface area contributed by atoms with E-state index in [1.165, 1.54) is 0 Å². The molecule has 0 aliphatic heterocycles. The van der Waals surface area contributed by atoms with Crippen molar-refractivity contribution < 1.29 is 8.78 Å². The molecule has 0 bridgehead atoms. The van der Waals surface area contributed by atoms with Crippen LogP contribution in [0.15, 0.2) is 11.6 Å². The minimum atomic E-state index is -2.52. The molecule has 1 atom stereocenters. The lowest BCUT2D eigenvalue weighted by atomic mass is 9.89. The summed E-state index contributed by atoms with van der Waals surface area (Å²) in [6.07, 6.45) is 5.06. The van der Waals surface area contributed by atoms with E-state index in [0.717, 1.165) is 31.8 Å². The second kappa shape index (κ2) is 3.55. The molecular formula is C10H16F2. The topological polar surface area (TPSA) is 0 Å². The van der Waals surface area contributed by atoms with Crippen molar-refractivity contribution >= 4 is 0 Å². The Morgan fingerprint density at radius 3 is 2.75 bits per heavy atom. The second-order valence-electron chi connectivity index (χ2n) is 3.94. The van der Waals surface area contributed by atoms with Crippen molar-refractivity contribution in [1.29, 1.82) is 0 Å². The standard InChI is InChI=1S/C10H16F2/c1-8-4-3-5-9(6-8)7-10(2,11)12/h6,8H,3-5,7H2,1-2H3/t8-/m1/s1. The Balaban J connectivity index is 2.52. The van der Waals surface area contributed by atoms with Crippen LogP contribution in [-0.2, 0) is 0 Å². The quantitative estimate of drug-likeness (QED) is 0.559. The molecule has 0 fully saturated rings. The summed E-state index contributed by atoms with van der Waals surface area (Å²) in [4.78, 5) is 0. The Morgan fingerprint density at radius 1 is 1.58 bits per heavy atom. The summed E-state index contributed by atoms with van der Waals surface area (Å²) in [7, 11) is 0. The minimum absolute atomic E-state index is 0.0443. The number of hydrogen-bond acceptors (Lipinski definition) is 0. The maximum atomic E-state index is 12.6. The third-order valence-corrected chi connectivity index (χ3v) is 2.22. The van der Waals surface area contributed by atoms with Crippen LogP contribution in [-0.4, -0.2) is 5.92 Å². The normalized spacial score (nSPS) is 25.3. The van der Waals surface area contributed by atoms with Gasteiger partial charge in [-0.25, -0.2) is 8.78 Å². The van der Waals surface area contributed by atoms with Gasteiger partial charge in [0.15, 0.2) is 0 Å². The fourth-order valence-corrected chi connectivity index (χ4v) is 1.77. The first kappa shape index (κ1) is 9.69. The average molecular weight is 174 g/mol. The van der Waals surface area contributed by atoms with Gasteiger partial charge in [-0.15, -0.1) is 0 Å². The Bertz CT molecular complexity index is 177. The van der Waals surface area contributed by atoms with Gasteiger partial charge < -0.3 is 0 Å². The van der Waals surface area contributed by atoms with Crippen molar-refractivity contribution in [2.75, 3.05) is 0 Å². The first-order chi connectivity index (χ1) is 5.47. The zero-order chi connectivity index (χ0) is 9.19. The van der Waals surface area contributed by atoms with Crippen LogP contribution in [0.2, 0.25) is 0 Å². The molecule has 2 heteroatoms. The first-order valence-corrected chi connectivity index (χ1v) is 4.55. The van der Waals surface area contributed by atoms with Crippen molar-refractivity contribution in [1.82, 2.24) is 0 Å². The van der Waals surface area contributed by atoms with E-state index in [0.29, 0.717) is 5.92 Å². The molecule has 0 aromatic heterocycles. The van der Waals surface area contributed by atoms with Gasteiger partial charge in [-0.3, -0.25) is 0 Å². The van der Waals surface area contributed by atoms with Gasteiger partial charge in [0.1, 0.15) is 0 Å². The highest BCUT2D eigenvalue weighted by Gasteiger charge is 2.24. The summed E-state index contributed by atoms with van der Waals surface area (Å²) in [6, 6.07) is 0. The molecule has 1 aliphatic carbocycles. The number of allylic oxidation sites excluding steroid dienone is 2. The third-order valence-electron chi connectivity index (χ3n) is 2.22. The molecule has 0 saturated heterocycles. The third kappa shape index (κ3) is 3.33. The molecule has 0 radical (unpaired) electrons. The van der Waals surface area contributed by atoms with Crippen LogP contribution < -0.4 is 0 Å². The number of rotatable bonds is 2. The van der Waals surface area contributed by atoms with Gasteiger partial charge in [-0.05, 0) is 32.1 Å². The maximum Gasteiger partial charge on any atom is 0.249 e. The van der Waals surface area contributed by atoms with E-state index in [1.807, 2.05) is 6.08 Å². The predicted molar refractivity (Wildman–Crippen MR) is 46.3 cm³/mol. The van der Waals surface area contributed by atoms with E-state index in [9.17, 15) is 8.78 Å². The van der Waals surface area contributed by atoms with Crippen LogP contribution in [0, 0.1) is 5.92 Å². The molecule has 1 aliphatic rings. The summed E-state index contributed by atoms with van der Waals surface area (Å²) in [6.45, 7) is 3.08. The molecule has 0 saturated carbocycles. The minimum Gasteiger partial charge on any atom is -0.207 e. The molecule has 0 nitrogen and oxygen atoms in total. The smallest absolute Gasteiger partial charge is 0.207 e. The van der Waals surface area contributed by atoms with Crippen molar-refractivity contribution in [3.05, 3.63) is 11.6 Å². The summed E-state index contributed by atoms with van der Waals surface area (Å²) < 4.78 is 25.2. The summed E-state index contributed by atoms with van der Waals surface area (Å²) in [5, 5.41) is 0. The van der Waals surface area contributed by atoms with Crippen molar-refractivity contribution in [3.63, 3.8) is 0 Å². The Labute approximate surface area is 72.7 Å². The fourth-order valence-electron chi connectivity index (χ4n) is 1.77. The van der Waals surface area contributed by atoms with E-state index in [2.05, 4.69) is 6.92 Å². The van der Waals surface area contributed by atoms with E-state index in [-0.39, 0.29) is 6.42 Å². The van der Waals surface area contributed by atoms with Gasteiger partial charge in [-0.1, -0.05) is 18.6 Å². The molecule has 12 heavy (non-hydrogen) atoms. The van der Waals surface area contributed by atoms with Crippen molar-refractivity contribution in [2.45, 2.75) is 45.5 Å². The van der Waals surface area contributed by atoms with Gasteiger partial charge in [0, 0.05) is 6.42 Å². The summed E-state index contributed by atoms with van der Waals surface area (Å²) in [5.41, 5.74) is 0.946. The SMILES string of the molecule is C[C@H]1C=C(CC(C)(F)F)CCC1. The molecule has 0 heterocycles. The lowest BCUT2D eigenvalue weighted by Crippen LogP contribution is -2.13. The Hall–Kier alpha value is -0.400. The Morgan fingerprint density at radius 2 is 2.25 bits per heavy atom. The van der Waals surface area contributed by atoms with Gasteiger partial charge in [0.2, 0.25) is 5.92 Å². The Kier molecular flexibility index (Phi) is 2.86. The van der Waals surface area contributed by atoms with Gasteiger partial charge >= 0.3 is 0 Å². The van der Waals surface area contributed by atoms with Crippen LogP contribution >= 0.6 is 0 Å². The van der Waals surface area contributed by atoms with Gasteiger partial charge in [0.25, 0.3) is 0 Å². The fraction of sp³-hybridized carbons (Fsp3) is 0.800. The number of hydrogen-bond donors (Lipinski definition) is 0. The molecule has 0 amide bonds. The van der Waals surface area contributed by atoms with E-state index in [1.54, 1.807) is 0 Å². The maximum absolute atomic E-state index is 12.6. The van der Waals surface area contributed by atoms with E-state index in [4.69, 9.17) is 0 Å². The molecule has 0 N–H and O–H groups in total. The first-order valence-electron chi connectivity index (χ1n) is 4.55. The van der Waals surface area contributed by atoms with E-state index >= 15 is 0 Å². The molecular weight excluding hydrogens is 158 g/mol. The highest BCUT2D eigenvalue weighted by Crippen LogP contribution is 2.30. The van der Waals surface area contributed by atoms with Crippen LogP contribution in [0.3, 0.4) is 0 Å².